The van der Waals surface area contributed by atoms with E-state index in [4.69, 9.17) is 14.2 Å². The van der Waals surface area contributed by atoms with Crippen molar-refractivity contribution >= 4 is 0 Å². The molecule has 4 nitrogen and oxygen atoms in total. The van der Waals surface area contributed by atoms with Gasteiger partial charge in [-0.05, 0) is 11.6 Å². The normalized spacial score (nSPS) is 11.7. The van der Waals surface area contributed by atoms with Crippen molar-refractivity contribution < 1.29 is 19.3 Å². The molecular weight excluding hydrogens is 328 g/mol. The predicted octanol–water partition coefficient (Wildman–Crippen LogP) is 4.60. The highest BCUT2D eigenvalue weighted by atomic mass is 16.5. The van der Waals surface area contributed by atoms with Gasteiger partial charge < -0.3 is 19.3 Å². The monoisotopic (exact) mass is 350 g/mol. The average Bonchev–Trinajstić information content (AvgIpc) is 2.70. The summed E-state index contributed by atoms with van der Waals surface area (Å²) < 4.78 is 16.7. The van der Waals surface area contributed by atoms with Crippen LogP contribution < -0.4 is 14.2 Å². The van der Waals surface area contributed by atoms with Gasteiger partial charge in [-0.25, -0.2) is 0 Å². The third kappa shape index (κ3) is 3.31. The molecule has 4 heteroatoms. The van der Waals surface area contributed by atoms with Crippen LogP contribution >= 0.6 is 0 Å². The van der Waals surface area contributed by atoms with Gasteiger partial charge in [-0.15, -0.1) is 0 Å². The van der Waals surface area contributed by atoms with E-state index in [-0.39, 0.29) is 11.7 Å². The van der Waals surface area contributed by atoms with E-state index < -0.39 is 0 Å². The number of hydrogen-bond acceptors (Lipinski definition) is 4. The predicted molar refractivity (Wildman–Crippen MR) is 102 cm³/mol. The summed E-state index contributed by atoms with van der Waals surface area (Å²) in [7, 11) is 4.83. The van der Waals surface area contributed by atoms with Crippen LogP contribution in [0.3, 0.4) is 0 Å². The molecule has 0 aliphatic carbocycles. The number of aromatic hydroxyl groups is 1. The minimum absolute atomic E-state index is 0.223. The first kappa shape index (κ1) is 17.7. The summed E-state index contributed by atoms with van der Waals surface area (Å²) in [6.07, 6.45) is 0. The second-order valence-corrected chi connectivity index (χ2v) is 5.85. The maximum Gasteiger partial charge on any atom is 0.130 e. The molecule has 1 unspecified atom stereocenters. The van der Waals surface area contributed by atoms with Crippen molar-refractivity contribution in [3.8, 4) is 23.0 Å². The number of hydrogen-bond donors (Lipinski definition) is 1. The molecule has 3 aromatic rings. The summed E-state index contributed by atoms with van der Waals surface area (Å²) in [4.78, 5) is 0. The highest BCUT2D eigenvalue weighted by Crippen LogP contribution is 2.46. The van der Waals surface area contributed by atoms with Crippen molar-refractivity contribution in [2.45, 2.75) is 5.92 Å². The average molecular weight is 350 g/mol. The summed E-state index contributed by atoms with van der Waals surface area (Å²) in [5, 5.41) is 10.5. The molecule has 0 saturated carbocycles. The zero-order valence-electron chi connectivity index (χ0n) is 15.1. The molecule has 0 radical (unpaired) electrons. The van der Waals surface area contributed by atoms with Crippen LogP contribution in [0, 0.1) is 0 Å². The van der Waals surface area contributed by atoms with Gasteiger partial charge in [0.1, 0.15) is 23.0 Å². The van der Waals surface area contributed by atoms with Crippen LogP contribution in [0.2, 0.25) is 0 Å². The molecule has 3 aromatic carbocycles. The highest BCUT2D eigenvalue weighted by Gasteiger charge is 2.27. The van der Waals surface area contributed by atoms with E-state index in [9.17, 15) is 5.11 Å². The first-order valence-corrected chi connectivity index (χ1v) is 8.32. The van der Waals surface area contributed by atoms with Crippen molar-refractivity contribution in [2.24, 2.45) is 0 Å². The van der Waals surface area contributed by atoms with Crippen molar-refractivity contribution in [3.63, 3.8) is 0 Å². The first-order chi connectivity index (χ1) is 12.7. The van der Waals surface area contributed by atoms with Crippen LogP contribution in [0.1, 0.15) is 22.6 Å². The smallest absolute Gasteiger partial charge is 0.130 e. The van der Waals surface area contributed by atoms with E-state index in [1.165, 1.54) is 0 Å². The van der Waals surface area contributed by atoms with Crippen LogP contribution in [0.4, 0.5) is 0 Å². The molecule has 1 N–H and O–H groups in total. The van der Waals surface area contributed by atoms with E-state index in [1.54, 1.807) is 27.4 Å². The molecule has 0 fully saturated rings. The first-order valence-electron chi connectivity index (χ1n) is 8.32. The molecule has 0 aliphatic heterocycles. The summed E-state index contributed by atoms with van der Waals surface area (Å²) in [5.41, 5.74) is 2.64. The minimum atomic E-state index is -0.256. The number of ether oxygens (including phenoxy) is 3. The zero-order chi connectivity index (χ0) is 18.5. The fraction of sp³-hybridized carbons (Fsp3) is 0.182. The minimum Gasteiger partial charge on any atom is -0.508 e. The number of benzene rings is 3. The lowest BCUT2D eigenvalue weighted by molar-refractivity contribution is 0.367. The topological polar surface area (TPSA) is 47.9 Å². The van der Waals surface area contributed by atoms with Gasteiger partial charge in [-0.1, -0.05) is 48.5 Å². The van der Waals surface area contributed by atoms with E-state index in [1.807, 2.05) is 60.7 Å². The van der Waals surface area contributed by atoms with Crippen molar-refractivity contribution in [1.29, 1.82) is 0 Å². The van der Waals surface area contributed by atoms with Crippen LogP contribution in [0.25, 0.3) is 0 Å². The molecule has 0 aliphatic rings. The SMILES string of the molecule is COc1cc(OC)c(C(c2ccccc2)c2ccccc2O)c(OC)c1. The molecule has 0 heterocycles. The number of phenols is 1. The van der Waals surface area contributed by atoms with E-state index in [0.29, 0.717) is 17.2 Å². The Morgan fingerprint density at radius 3 is 1.85 bits per heavy atom. The fourth-order valence-electron chi connectivity index (χ4n) is 3.20. The van der Waals surface area contributed by atoms with Gasteiger partial charge in [0.2, 0.25) is 0 Å². The van der Waals surface area contributed by atoms with Crippen molar-refractivity contribution in [1.82, 2.24) is 0 Å². The molecule has 0 bridgehead atoms. The Hall–Kier alpha value is -3.14. The Bertz CT molecular complexity index is 849. The van der Waals surface area contributed by atoms with Gasteiger partial charge >= 0.3 is 0 Å². The van der Waals surface area contributed by atoms with Gasteiger partial charge in [-0.2, -0.15) is 0 Å². The van der Waals surface area contributed by atoms with Crippen LogP contribution in [0.15, 0.2) is 66.7 Å². The lowest BCUT2D eigenvalue weighted by atomic mass is 9.83. The zero-order valence-corrected chi connectivity index (χ0v) is 15.1. The van der Waals surface area contributed by atoms with Crippen LogP contribution in [-0.4, -0.2) is 26.4 Å². The summed E-state index contributed by atoms with van der Waals surface area (Å²) in [6, 6.07) is 21.0. The summed E-state index contributed by atoms with van der Waals surface area (Å²) in [6.45, 7) is 0. The fourth-order valence-corrected chi connectivity index (χ4v) is 3.20. The number of para-hydroxylation sites is 1. The molecule has 26 heavy (non-hydrogen) atoms. The molecule has 1 atom stereocenters. The second kappa shape index (κ2) is 7.83. The maximum absolute atomic E-state index is 10.5. The van der Waals surface area contributed by atoms with Crippen molar-refractivity contribution in [2.75, 3.05) is 21.3 Å². The Kier molecular flexibility index (Phi) is 5.32. The standard InChI is InChI=1S/C22H22O4/c1-24-16-13-19(25-2)22(20(14-16)26-3)21(15-9-5-4-6-10-15)17-11-7-8-12-18(17)23/h4-14,21,23H,1-3H3. The molecular formula is C22H22O4. The Morgan fingerprint density at radius 2 is 1.31 bits per heavy atom. The Labute approximate surface area is 153 Å². The summed E-state index contributed by atoms with van der Waals surface area (Å²) in [5.74, 6) is 1.89. The molecule has 134 valence electrons. The molecule has 0 aromatic heterocycles. The van der Waals surface area contributed by atoms with Gasteiger partial charge in [-0.3, -0.25) is 0 Å². The van der Waals surface area contributed by atoms with Gasteiger partial charge in [0.25, 0.3) is 0 Å². The second-order valence-electron chi connectivity index (χ2n) is 5.85. The molecule has 0 saturated heterocycles. The maximum atomic E-state index is 10.5. The third-order valence-electron chi connectivity index (χ3n) is 4.42. The largest absolute Gasteiger partial charge is 0.508 e. The van der Waals surface area contributed by atoms with E-state index in [2.05, 4.69) is 0 Å². The van der Waals surface area contributed by atoms with Gasteiger partial charge in [0.15, 0.2) is 0 Å². The lowest BCUT2D eigenvalue weighted by Crippen LogP contribution is -2.08. The Morgan fingerprint density at radius 1 is 0.731 bits per heavy atom. The quantitative estimate of drug-likeness (QED) is 0.660. The van der Waals surface area contributed by atoms with E-state index in [0.717, 1.165) is 16.7 Å². The molecule has 0 amide bonds. The molecule has 0 spiro atoms. The number of rotatable bonds is 6. The molecule has 3 rings (SSSR count). The number of phenolic OH excluding ortho intramolecular Hbond substituents is 1. The van der Waals surface area contributed by atoms with Gasteiger partial charge in [0.05, 0.1) is 21.3 Å². The lowest BCUT2D eigenvalue weighted by Gasteiger charge is -2.24. The van der Waals surface area contributed by atoms with Crippen LogP contribution in [0.5, 0.6) is 23.0 Å². The van der Waals surface area contributed by atoms with Crippen LogP contribution in [-0.2, 0) is 0 Å². The van der Waals surface area contributed by atoms with E-state index >= 15 is 0 Å². The Balaban J connectivity index is 2.31. The van der Waals surface area contributed by atoms with Crippen molar-refractivity contribution in [3.05, 3.63) is 83.4 Å². The number of methoxy groups -OCH3 is 3. The third-order valence-corrected chi connectivity index (χ3v) is 4.42. The van der Waals surface area contributed by atoms with Gasteiger partial charge in [0, 0.05) is 29.2 Å². The summed E-state index contributed by atoms with van der Waals surface area (Å²) >= 11 is 0. The highest BCUT2D eigenvalue weighted by molar-refractivity contribution is 5.60.